The molecule has 1 aromatic rings. The zero-order valence-corrected chi connectivity index (χ0v) is 12.2. The van der Waals surface area contributed by atoms with Gasteiger partial charge in [-0.2, -0.15) is 0 Å². The van der Waals surface area contributed by atoms with Crippen molar-refractivity contribution in [2.24, 2.45) is 0 Å². The van der Waals surface area contributed by atoms with Crippen LogP contribution >= 0.6 is 22.6 Å². The zero-order valence-electron chi connectivity index (χ0n) is 10.0. The van der Waals surface area contributed by atoms with E-state index >= 15 is 0 Å². The first kappa shape index (κ1) is 13.1. The average molecular weight is 348 g/mol. The molecule has 0 spiro atoms. The van der Waals surface area contributed by atoms with Crippen LogP contribution in [-0.2, 0) is 0 Å². The molecular formula is C13H18FIN2. The maximum atomic E-state index is 13.5. The van der Waals surface area contributed by atoms with Crippen LogP contribution in [0.25, 0.3) is 0 Å². The Morgan fingerprint density at radius 2 is 2.35 bits per heavy atom. The van der Waals surface area contributed by atoms with Gasteiger partial charge in [-0.3, -0.25) is 0 Å². The summed E-state index contributed by atoms with van der Waals surface area (Å²) < 4.78 is 14.2. The fourth-order valence-corrected chi connectivity index (χ4v) is 2.93. The summed E-state index contributed by atoms with van der Waals surface area (Å²) in [5.74, 6) is -0.118. The topological polar surface area (TPSA) is 15.3 Å². The van der Waals surface area contributed by atoms with E-state index in [1.807, 2.05) is 6.07 Å². The van der Waals surface area contributed by atoms with Gasteiger partial charge in [-0.05, 0) is 54.1 Å². The zero-order chi connectivity index (χ0) is 12.3. The maximum Gasteiger partial charge on any atom is 0.138 e. The molecule has 1 aliphatic heterocycles. The van der Waals surface area contributed by atoms with Crippen molar-refractivity contribution in [3.8, 4) is 0 Å². The summed E-state index contributed by atoms with van der Waals surface area (Å²) >= 11 is 2.09. The number of halogens is 2. The van der Waals surface area contributed by atoms with Gasteiger partial charge in [0.15, 0.2) is 0 Å². The third-order valence-corrected chi connectivity index (χ3v) is 4.21. The maximum absolute atomic E-state index is 13.5. The Hall–Kier alpha value is -0.360. The van der Waals surface area contributed by atoms with Gasteiger partial charge in [0, 0.05) is 19.1 Å². The van der Waals surface area contributed by atoms with E-state index in [4.69, 9.17) is 0 Å². The molecule has 1 N–H and O–H groups in total. The van der Waals surface area contributed by atoms with Gasteiger partial charge in [0.05, 0.1) is 9.26 Å². The summed E-state index contributed by atoms with van der Waals surface area (Å²) in [4.78, 5) is 2.28. The summed E-state index contributed by atoms with van der Waals surface area (Å²) in [6.45, 7) is 5.24. The van der Waals surface area contributed by atoms with Crippen LogP contribution in [0, 0.1) is 9.39 Å². The highest BCUT2D eigenvalue weighted by atomic mass is 127. The minimum atomic E-state index is -0.118. The van der Waals surface area contributed by atoms with Crippen LogP contribution in [0.15, 0.2) is 18.2 Å². The summed E-state index contributed by atoms with van der Waals surface area (Å²) in [6.07, 6.45) is 2.31. The van der Waals surface area contributed by atoms with Gasteiger partial charge in [0.25, 0.3) is 0 Å². The van der Waals surface area contributed by atoms with Crippen molar-refractivity contribution >= 4 is 28.3 Å². The predicted molar refractivity (Wildman–Crippen MR) is 78.0 cm³/mol. The molecule has 0 amide bonds. The van der Waals surface area contributed by atoms with Crippen molar-refractivity contribution in [2.75, 3.05) is 24.5 Å². The summed E-state index contributed by atoms with van der Waals surface area (Å²) in [5, 5.41) is 3.53. The van der Waals surface area contributed by atoms with Crippen LogP contribution < -0.4 is 10.2 Å². The Balaban J connectivity index is 2.02. The number of rotatable bonds is 4. The largest absolute Gasteiger partial charge is 0.369 e. The molecule has 0 aliphatic carbocycles. The van der Waals surface area contributed by atoms with Gasteiger partial charge in [-0.1, -0.05) is 13.0 Å². The minimum Gasteiger partial charge on any atom is -0.369 e. The van der Waals surface area contributed by atoms with Crippen molar-refractivity contribution < 1.29 is 4.39 Å². The monoisotopic (exact) mass is 348 g/mol. The number of benzene rings is 1. The smallest absolute Gasteiger partial charge is 0.138 e. The lowest BCUT2D eigenvalue weighted by molar-refractivity contribution is 0.549. The highest BCUT2D eigenvalue weighted by Gasteiger charge is 2.23. The van der Waals surface area contributed by atoms with E-state index in [-0.39, 0.29) is 5.82 Å². The highest BCUT2D eigenvalue weighted by Crippen LogP contribution is 2.27. The molecule has 1 aliphatic rings. The van der Waals surface area contributed by atoms with Crippen molar-refractivity contribution in [1.82, 2.24) is 5.32 Å². The number of nitrogens with one attached hydrogen (secondary N) is 1. The number of hydrogen-bond acceptors (Lipinski definition) is 2. The number of anilines is 1. The van der Waals surface area contributed by atoms with Crippen LogP contribution in [0.2, 0.25) is 0 Å². The van der Waals surface area contributed by atoms with E-state index in [1.54, 1.807) is 6.07 Å². The van der Waals surface area contributed by atoms with Crippen molar-refractivity contribution in [2.45, 2.75) is 25.8 Å². The second kappa shape index (κ2) is 6.00. The second-order valence-electron chi connectivity index (χ2n) is 4.46. The predicted octanol–water partition coefficient (Wildman–Crippen LogP) is 3.01. The molecule has 94 valence electrons. The summed E-state index contributed by atoms with van der Waals surface area (Å²) in [6, 6.07) is 5.87. The van der Waals surface area contributed by atoms with Crippen molar-refractivity contribution in [3.63, 3.8) is 0 Å². The standard InChI is InChI=1S/C13H18FIN2/c1-2-7-16-10-6-8-17(9-10)12-5-3-4-11(14)13(12)15/h3-5,10,16H,2,6-9H2,1H3. The van der Waals surface area contributed by atoms with E-state index in [2.05, 4.69) is 39.7 Å². The van der Waals surface area contributed by atoms with E-state index in [9.17, 15) is 4.39 Å². The number of hydrogen-bond donors (Lipinski definition) is 1. The van der Waals surface area contributed by atoms with Crippen LogP contribution in [-0.4, -0.2) is 25.7 Å². The molecule has 0 radical (unpaired) electrons. The average Bonchev–Trinajstić information content (AvgIpc) is 2.78. The highest BCUT2D eigenvalue weighted by molar-refractivity contribution is 14.1. The van der Waals surface area contributed by atoms with E-state index in [0.717, 1.165) is 41.7 Å². The molecule has 0 bridgehead atoms. The molecule has 2 rings (SSSR count). The van der Waals surface area contributed by atoms with Gasteiger partial charge in [-0.15, -0.1) is 0 Å². The second-order valence-corrected chi connectivity index (χ2v) is 5.54. The Labute approximate surface area is 116 Å². The molecule has 1 heterocycles. The van der Waals surface area contributed by atoms with Crippen molar-refractivity contribution in [3.05, 3.63) is 27.6 Å². The molecule has 1 unspecified atom stereocenters. The van der Waals surface area contributed by atoms with Crippen LogP contribution in [0.3, 0.4) is 0 Å². The third-order valence-electron chi connectivity index (χ3n) is 3.14. The first-order valence-electron chi connectivity index (χ1n) is 6.14. The van der Waals surface area contributed by atoms with Crippen LogP contribution in [0.1, 0.15) is 19.8 Å². The Bertz CT molecular complexity index is 384. The molecule has 1 aromatic carbocycles. The summed E-state index contributed by atoms with van der Waals surface area (Å²) in [7, 11) is 0. The molecular weight excluding hydrogens is 330 g/mol. The molecule has 1 saturated heterocycles. The molecule has 2 nitrogen and oxygen atoms in total. The molecule has 0 aromatic heterocycles. The molecule has 4 heteroatoms. The lowest BCUT2D eigenvalue weighted by atomic mass is 10.2. The molecule has 0 saturated carbocycles. The lowest BCUT2D eigenvalue weighted by Gasteiger charge is -2.20. The van der Waals surface area contributed by atoms with E-state index in [1.165, 1.54) is 6.07 Å². The van der Waals surface area contributed by atoms with Gasteiger partial charge in [0.2, 0.25) is 0 Å². The number of nitrogens with zero attached hydrogens (tertiary/aromatic N) is 1. The normalized spacial score (nSPS) is 19.9. The van der Waals surface area contributed by atoms with E-state index in [0.29, 0.717) is 6.04 Å². The Kier molecular flexibility index (Phi) is 4.62. The fraction of sp³-hybridized carbons (Fsp3) is 0.538. The van der Waals surface area contributed by atoms with Gasteiger partial charge in [-0.25, -0.2) is 4.39 Å². The van der Waals surface area contributed by atoms with E-state index < -0.39 is 0 Å². The SMILES string of the molecule is CCCNC1CCN(c2cccc(F)c2I)C1. The Morgan fingerprint density at radius 3 is 3.12 bits per heavy atom. The molecule has 1 fully saturated rings. The lowest BCUT2D eigenvalue weighted by Crippen LogP contribution is -2.33. The first-order chi connectivity index (χ1) is 8.22. The van der Waals surface area contributed by atoms with Gasteiger partial charge < -0.3 is 10.2 Å². The Morgan fingerprint density at radius 1 is 1.53 bits per heavy atom. The molecule has 1 atom stereocenters. The summed E-state index contributed by atoms with van der Waals surface area (Å²) in [5.41, 5.74) is 1.03. The molecule has 17 heavy (non-hydrogen) atoms. The quantitative estimate of drug-likeness (QED) is 0.842. The van der Waals surface area contributed by atoms with Crippen LogP contribution in [0.5, 0.6) is 0 Å². The van der Waals surface area contributed by atoms with Crippen molar-refractivity contribution in [1.29, 1.82) is 0 Å². The third kappa shape index (κ3) is 3.10. The minimum absolute atomic E-state index is 0.118. The first-order valence-corrected chi connectivity index (χ1v) is 7.22. The fourth-order valence-electron chi connectivity index (χ4n) is 2.23. The van der Waals surface area contributed by atoms with Crippen LogP contribution in [0.4, 0.5) is 10.1 Å². The van der Waals surface area contributed by atoms with Gasteiger partial charge in [0.1, 0.15) is 5.82 Å². The van der Waals surface area contributed by atoms with Gasteiger partial charge >= 0.3 is 0 Å².